The number of aromatic nitrogens is 2. The molecule has 4 aliphatic rings. The number of hydrogen-bond donors (Lipinski definition) is 2. The molecule has 1 unspecified atom stereocenters. The Labute approximate surface area is 124 Å². The van der Waals surface area contributed by atoms with E-state index in [1.165, 1.54) is 32.1 Å². The van der Waals surface area contributed by atoms with Gasteiger partial charge in [0.25, 0.3) is 0 Å². The summed E-state index contributed by atoms with van der Waals surface area (Å²) in [6.45, 7) is 0. The van der Waals surface area contributed by atoms with Gasteiger partial charge in [-0.05, 0) is 31.1 Å². The van der Waals surface area contributed by atoms with Gasteiger partial charge in [0.05, 0.1) is 25.0 Å². The Morgan fingerprint density at radius 2 is 2.00 bits per heavy atom. The molecule has 1 aliphatic heterocycles. The Morgan fingerprint density at radius 3 is 2.62 bits per heavy atom. The SMILES string of the molecule is COc1cnc(NC2=NNC3(C2)CC2CCC3CC2)nc1. The number of nitrogens with one attached hydrogen (secondary N) is 2. The second kappa shape index (κ2) is 4.86. The minimum Gasteiger partial charge on any atom is -0.494 e. The molecule has 3 fully saturated rings. The minimum absolute atomic E-state index is 0.190. The van der Waals surface area contributed by atoms with E-state index in [2.05, 4.69) is 25.8 Å². The van der Waals surface area contributed by atoms with Crippen molar-refractivity contribution in [2.24, 2.45) is 16.9 Å². The number of amidine groups is 1. The van der Waals surface area contributed by atoms with Crippen molar-refractivity contribution in [2.45, 2.75) is 44.1 Å². The molecule has 1 atom stereocenters. The molecule has 0 amide bonds. The van der Waals surface area contributed by atoms with Gasteiger partial charge in [-0.25, -0.2) is 9.97 Å². The molecule has 0 saturated heterocycles. The lowest BCUT2D eigenvalue weighted by Crippen LogP contribution is -2.53. The normalized spacial score (nSPS) is 33.7. The molecule has 0 radical (unpaired) electrons. The van der Waals surface area contributed by atoms with Crippen LogP contribution in [0.4, 0.5) is 5.95 Å². The average Bonchev–Trinajstić information content (AvgIpc) is 2.91. The van der Waals surface area contributed by atoms with E-state index in [9.17, 15) is 0 Å². The van der Waals surface area contributed by atoms with Crippen LogP contribution in [0.15, 0.2) is 17.5 Å². The molecule has 6 heteroatoms. The van der Waals surface area contributed by atoms with Gasteiger partial charge in [-0.3, -0.25) is 0 Å². The fraction of sp³-hybridized carbons (Fsp3) is 0.667. The molecule has 2 heterocycles. The van der Waals surface area contributed by atoms with E-state index < -0.39 is 0 Å². The topological polar surface area (TPSA) is 71.4 Å². The van der Waals surface area contributed by atoms with Crippen LogP contribution in [0, 0.1) is 11.8 Å². The number of anilines is 1. The van der Waals surface area contributed by atoms with Crippen LogP contribution in [-0.4, -0.2) is 28.5 Å². The number of nitrogens with zero attached hydrogens (tertiary/aromatic N) is 3. The fourth-order valence-electron chi connectivity index (χ4n) is 4.20. The van der Waals surface area contributed by atoms with Gasteiger partial charge in [0, 0.05) is 6.42 Å². The van der Waals surface area contributed by atoms with Crippen molar-refractivity contribution in [3.05, 3.63) is 12.4 Å². The summed E-state index contributed by atoms with van der Waals surface area (Å²) in [6.07, 6.45) is 11.0. The highest BCUT2D eigenvalue weighted by Crippen LogP contribution is 2.50. The van der Waals surface area contributed by atoms with E-state index in [-0.39, 0.29) is 5.54 Å². The highest BCUT2D eigenvalue weighted by Gasteiger charge is 2.50. The first-order valence-electron chi connectivity index (χ1n) is 7.74. The Bertz CT molecular complexity index is 550. The zero-order valence-electron chi connectivity index (χ0n) is 12.3. The van der Waals surface area contributed by atoms with Gasteiger partial charge in [-0.1, -0.05) is 12.8 Å². The van der Waals surface area contributed by atoms with Crippen molar-refractivity contribution < 1.29 is 4.74 Å². The summed E-state index contributed by atoms with van der Waals surface area (Å²) >= 11 is 0. The molecule has 112 valence electrons. The minimum atomic E-state index is 0.190. The molecule has 3 saturated carbocycles. The third-order valence-electron chi connectivity index (χ3n) is 5.30. The monoisotopic (exact) mass is 287 g/mol. The standard InChI is InChI=1S/C15H21N5O/c1-21-12-8-16-14(17-9-12)18-13-7-15(20-19-13)6-10-2-4-11(15)5-3-10/h8-11,20H,2-7H2,1H3,(H,16,17,18,19). The number of fused-ring (bicyclic) bond motifs is 2. The number of hydrogen-bond acceptors (Lipinski definition) is 6. The summed E-state index contributed by atoms with van der Waals surface area (Å²) in [5, 5.41) is 7.75. The van der Waals surface area contributed by atoms with Crippen molar-refractivity contribution in [3.63, 3.8) is 0 Å². The molecule has 1 aromatic heterocycles. The summed E-state index contributed by atoms with van der Waals surface area (Å²) in [6, 6.07) is 0. The van der Waals surface area contributed by atoms with Crippen molar-refractivity contribution in [1.29, 1.82) is 0 Å². The first-order chi connectivity index (χ1) is 10.3. The van der Waals surface area contributed by atoms with E-state index in [1.54, 1.807) is 19.5 Å². The lowest BCUT2D eigenvalue weighted by atomic mass is 9.59. The molecule has 3 aliphatic carbocycles. The van der Waals surface area contributed by atoms with Crippen molar-refractivity contribution in [1.82, 2.24) is 15.4 Å². The maximum Gasteiger partial charge on any atom is 0.228 e. The molecule has 0 aromatic carbocycles. The second-order valence-electron chi connectivity index (χ2n) is 6.50. The zero-order chi connectivity index (χ0) is 14.3. The fourth-order valence-corrected chi connectivity index (χ4v) is 4.20. The van der Waals surface area contributed by atoms with E-state index in [4.69, 9.17) is 4.74 Å². The van der Waals surface area contributed by atoms with Crippen LogP contribution in [0.2, 0.25) is 0 Å². The van der Waals surface area contributed by atoms with Crippen molar-refractivity contribution in [2.75, 3.05) is 12.4 Å². The lowest BCUT2D eigenvalue weighted by molar-refractivity contribution is 0.0540. The summed E-state index contributed by atoms with van der Waals surface area (Å²) in [5.74, 6) is 3.84. The molecule has 2 bridgehead atoms. The van der Waals surface area contributed by atoms with Crippen molar-refractivity contribution in [3.8, 4) is 5.75 Å². The van der Waals surface area contributed by atoms with Gasteiger partial charge >= 0.3 is 0 Å². The highest BCUT2D eigenvalue weighted by molar-refractivity contribution is 5.95. The van der Waals surface area contributed by atoms with Crippen LogP contribution < -0.4 is 15.5 Å². The number of ether oxygens (including phenoxy) is 1. The molecule has 21 heavy (non-hydrogen) atoms. The van der Waals surface area contributed by atoms with Crippen LogP contribution in [0.3, 0.4) is 0 Å². The lowest BCUT2D eigenvalue weighted by Gasteiger charge is -2.49. The Balaban J connectivity index is 1.44. The van der Waals surface area contributed by atoms with Crippen LogP contribution in [-0.2, 0) is 0 Å². The smallest absolute Gasteiger partial charge is 0.228 e. The largest absolute Gasteiger partial charge is 0.494 e. The summed E-state index contributed by atoms with van der Waals surface area (Å²) in [4.78, 5) is 8.48. The third kappa shape index (κ3) is 2.22. The molecule has 5 rings (SSSR count). The van der Waals surface area contributed by atoms with Crippen molar-refractivity contribution >= 4 is 11.8 Å². The molecular weight excluding hydrogens is 266 g/mol. The number of rotatable bonds is 2. The Hall–Kier alpha value is -1.85. The molecule has 1 spiro atoms. The maximum absolute atomic E-state index is 5.07. The highest BCUT2D eigenvalue weighted by atomic mass is 16.5. The predicted octanol–water partition coefficient (Wildman–Crippen LogP) is 2.15. The average molecular weight is 287 g/mol. The van der Waals surface area contributed by atoms with Gasteiger partial charge < -0.3 is 15.5 Å². The van der Waals surface area contributed by atoms with Gasteiger partial charge in [0.2, 0.25) is 5.95 Å². The van der Waals surface area contributed by atoms with E-state index in [1.807, 2.05) is 0 Å². The number of hydrazone groups is 1. The summed E-state index contributed by atoms with van der Waals surface area (Å²) in [7, 11) is 1.61. The summed E-state index contributed by atoms with van der Waals surface area (Å²) in [5.41, 5.74) is 3.63. The van der Waals surface area contributed by atoms with Gasteiger partial charge in [0.1, 0.15) is 5.84 Å². The van der Waals surface area contributed by atoms with Crippen LogP contribution in [0.5, 0.6) is 5.75 Å². The molecule has 1 aromatic rings. The molecule has 2 N–H and O–H groups in total. The second-order valence-corrected chi connectivity index (χ2v) is 6.50. The Kier molecular flexibility index (Phi) is 2.97. The molecule has 6 nitrogen and oxygen atoms in total. The first-order valence-corrected chi connectivity index (χ1v) is 7.74. The number of methoxy groups -OCH3 is 1. The quantitative estimate of drug-likeness (QED) is 0.872. The zero-order valence-corrected chi connectivity index (χ0v) is 12.3. The van der Waals surface area contributed by atoms with Gasteiger partial charge in [-0.2, -0.15) is 5.10 Å². The Morgan fingerprint density at radius 1 is 1.24 bits per heavy atom. The van der Waals surface area contributed by atoms with Gasteiger partial charge in [-0.15, -0.1) is 0 Å². The van der Waals surface area contributed by atoms with E-state index in [0.29, 0.717) is 11.7 Å². The van der Waals surface area contributed by atoms with Crippen LogP contribution >= 0.6 is 0 Å². The van der Waals surface area contributed by atoms with E-state index >= 15 is 0 Å². The van der Waals surface area contributed by atoms with Crippen LogP contribution in [0.25, 0.3) is 0 Å². The maximum atomic E-state index is 5.07. The predicted molar refractivity (Wildman–Crippen MR) is 80.2 cm³/mol. The van der Waals surface area contributed by atoms with Crippen LogP contribution in [0.1, 0.15) is 38.5 Å². The first kappa shape index (κ1) is 12.9. The van der Waals surface area contributed by atoms with Gasteiger partial charge in [0.15, 0.2) is 5.75 Å². The third-order valence-corrected chi connectivity index (χ3v) is 5.30. The molecular formula is C15H21N5O. The van der Waals surface area contributed by atoms with E-state index in [0.717, 1.165) is 24.1 Å². The summed E-state index contributed by atoms with van der Waals surface area (Å²) < 4.78 is 5.07.